The van der Waals surface area contributed by atoms with Crippen LogP contribution in [-0.2, 0) is 0 Å². The van der Waals surface area contributed by atoms with E-state index in [2.05, 4.69) is 25.3 Å². The molecule has 2 bridgehead atoms. The summed E-state index contributed by atoms with van der Waals surface area (Å²) in [4.78, 5) is 39.9. The monoisotopic (exact) mass is 569 g/mol. The number of H-pyrrole nitrogens is 1. The molecule has 0 spiro atoms. The highest BCUT2D eigenvalue weighted by Crippen LogP contribution is 2.45. The first-order valence-electron chi connectivity index (χ1n) is 13.6. The molecule has 0 radical (unpaired) electrons. The molecule has 0 unspecified atom stereocenters. The SMILES string of the molecule is CC(=O)c1c([C@H]2C[C@H]3CC[C@@H](C2)N3C(=O)c2nnc[nH]2)nc2c(-c3ccc(-c4c(F)cccc4F)nc3)cnn2c1N. The Morgan fingerprint density at radius 2 is 1.79 bits per heavy atom. The number of Topliss-reactive ketones (excluding diaryl/α,β-unsaturated/α-hetero) is 1. The van der Waals surface area contributed by atoms with Crippen LogP contribution in [0.4, 0.5) is 14.6 Å². The van der Waals surface area contributed by atoms with E-state index in [0.29, 0.717) is 40.9 Å². The quantitative estimate of drug-likeness (QED) is 0.300. The van der Waals surface area contributed by atoms with Gasteiger partial charge in [0.05, 0.1) is 28.7 Å². The first kappa shape index (κ1) is 25.9. The van der Waals surface area contributed by atoms with E-state index < -0.39 is 11.6 Å². The summed E-state index contributed by atoms with van der Waals surface area (Å²) in [5, 5.41) is 12.0. The van der Waals surface area contributed by atoms with Crippen LogP contribution >= 0.6 is 0 Å². The molecule has 3 N–H and O–H groups in total. The van der Waals surface area contributed by atoms with Crippen molar-refractivity contribution in [1.29, 1.82) is 0 Å². The van der Waals surface area contributed by atoms with Gasteiger partial charge in [-0.3, -0.25) is 14.6 Å². The van der Waals surface area contributed by atoms with Gasteiger partial charge in [0.15, 0.2) is 11.4 Å². The number of pyridine rings is 1. The van der Waals surface area contributed by atoms with Crippen molar-refractivity contribution in [3.63, 3.8) is 0 Å². The van der Waals surface area contributed by atoms with Crippen LogP contribution in [0.25, 0.3) is 28.0 Å². The summed E-state index contributed by atoms with van der Waals surface area (Å²) in [5.74, 6) is -1.54. The van der Waals surface area contributed by atoms with Gasteiger partial charge < -0.3 is 15.6 Å². The van der Waals surface area contributed by atoms with Crippen molar-refractivity contribution in [2.45, 2.75) is 50.6 Å². The van der Waals surface area contributed by atoms with Crippen molar-refractivity contribution in [2.75, 3.05) is 5.73 Å². The third-order valence-electron chi connectivity index (χ3n) is 8.33. The number of rotatable bonds is 5. The van der Waals surface area contributed by atoms with Gasteiger partial charge in [-0.25, -0.2) is 13.8 Å². The molecular weight excluding hydrogens is 544 g/mol. The third kappa shape index (κ3) is 4.03. The number of benzene rings is 1. The predicted molar refractivity (Wildman–Crippen MR) is 147 cm³/mol. The lowest BCUT2D eigenvalue weighted by molar-refractivity contribution is 0.0556. The van der Waals surface area contributed by atoms with Crippen LogP contribution in [0.15, 0.2) is 49.1 Å². The highest BCUT2D eigenvalue weighted by Gasteiger charge is 2.45. The minimum Gasteiger partial charge on any atom is -0.383 e. The van der Waals surface area contributed by atoms with Crippen molar-refractivity contribution >= 4 is 23.2 Å². The molecule has 42 heavy (non-hydrogen) atoms. The minimum atomic E-state index is -0.704. The molecule has 7 rings (SSSR count). The largest absolute Gasteiger partial charge is 0.383 e. The van der Waals surface area contributed by atoms with E-state index in [1.54, 1.807) is 12.3 Å². The highest BCUT2D eigenvalue weighted by atomic mass is 19.1. The smallest absolute Gasteiger partial charge is 0.292 e. The number of nitrogens with one attached hydrogen (secondary N) is 1. The number of anilines is 1. The number of carbonyl (C=O) groups is 2. The summed E-state index contributed by atoms with van der Waals surface area (Å²) in [6, 6.07) is 6.81. The summed E-state index contributed by atoms with van der Waals surface area (Å²) in [5.41, 5.74) is 9.04. The Morgan fingerprint density at radius 1 is 1.05 bits per heavy atom. The van der Waals surface area contributed by atoms with E-state index in [9.17, 15) is 18.4 Å². The van der Waals surface area contributed by atoms with Gasteiger partial charge in [0.2, 0.25) is 5.82 Å². The summed E-state index contributed by atoms with van der Waals surface area (Å²) < 4.78 is 30.1. The molecule has 0 aliphatic carbocycles. The number of aromatic amines is 1. The molecule has 212 valence electrons. The number of ketones is 1. The van der Waals surface area contributed by atoms with E-state index in [1.165, 1.54) is 48.2 Å². The topological polar surface area (TPSA) is 148 Å². The van der Waals surface area contributed by atoms with Gasteiger partial charge in [-0.05, 0) is 50.8 Å². The van der Waals surface area contributed by atoms with Crippen molar-refractivity contribution in [3.8, 4) is 22.4 Å². The number of carbonyl (C=O) groups excluding carboxylic acids is 2. The average Bonchev–Trinajstić information content (AvgIpc) is 3.71. The summed E-state index contributed by atoms with van der Waals surface area (Å²) in [6.07, 6.45) is 7.38. The lowest BCUT2D eigenvalue weighted by atomic mass is 9.85. The normalized spacial score (nSPS) is 19.9. The van der Waals surface area contributed by atoms with E-state index in [1.807, 2.05) is 4.90 Å². The molecule has 1 aromatic carbocycles. The Bertz CT molecular complexity index is 1820. The summed E-state index contributed by atoms with van der Waals surface area (Å²) in [6.45, 7) is 1.45. The number of nitrogens with zero attached hydrogens (tertiary/aromatic N) is 7. The van der Waals surface area contributed by atoms with Gasteiger partial charge in [-0.15, -0.1) is 10.2 Å². The van der Waals surface area contributed by atoms with E-state index in [-0.39, 0.29) is 52.6 Å². The Hall–Kier alpha value is -5.07. The standard InChI is InChI=1S/C29H25F2N9O2/c1-14(41)23-25(16-9-17-6-7-18(10-16)39(17)29(42)27-34-13-35-38-27)37-28-19(12-36-40(28)26(23)32)15-5-8-22(33-11-15)24-20(30)3-2-4-21(24)31/h2-5,8,11-13,16-18H,6-7,9-10,32H2,1H3,(H,34,35,38)/t16-,17+,18-. The minimum absolute atomic E-state index is 0.0367. The molecule has 2 saturated heterocycles. The maximum Gasteiger partial charge on any atom is 0.292 e. The number of piperidine rings is 1. The number of hydrogen-bond donors (Lipinski definition) is 2. The fraction of sp³-hybridized carbons (Fsp3) is 0.276. The molecule has 6 heterocycles. The molecule has 2 aliphatic heterocycles. The average molecular weight is 570 g/mol. The Labute approximate surface area is 237 Å². The van der Waals surface area contributed by atoms with Crippen LogP contribution in [0, 0.1) is 11.6 Å². The Balaban J connectivity index is 1.26. The first-order chi connectivity index (χ1) is 20.3. The van der Waals surface area contributed by atoms with E-state index >= 15 is 0 Å². The zero-order valence-corrected chi connectivity index (χ0v) is 22.5. The molecule has 13 heteroatoms. The van der Waals surface area contributed by atoms with Crippen LogP contribution in [0.1, 0.15) is 65.2 Å². The maximum absolute atomic E-state index is 14.3. The number of nitrogen functional groups attached to an aromatic ring is 1. The fourth-order valence-corrected chi connectivity index (χ4v) is 6.50. The summed E-state index contributed by atoms with van der Waals surface area (Å²) in [7, 11) is 0. The number of fused-ring (bicyclic) bond motifs is 3. The lowest BCUT2D eigenvalue weighted by Gasteiger charge is -2.38. The van der Waals surface area contributed by atoms with Crippen LogP contribution < -0.4 is 5.73 Å². The fourth-order valence-electron chi connectivity index (χ4n) is 6.50. The van der Waals surface area contributed by atoms with Crippen molar-refractivity contribution in [2.24, 2.45) is 0 Å². The molecule has 2 fully saturated rings. The summed E-state index contributed by atoms with van der Waals surface area (Å²) >= 11 is 0. The first-order valence-corrected chi connectivity index (χ1v) is 13.6. The van der Waals surface area contributed by atoms with Crippen molar-refractivity contribution in [1.82, 2.24) is 39.7 Å². The molecular formula is C29H25F2N9O2. The van der Waals surface area contributed by atoms with Gasteiger partial charge in [0.1, 0.15) is 23.8 Å². The molecule has 5 aromatic rings. The third-order valence-corrected chi connectivity index (χ3v) is 8.33. The van der Waals surface area contributed by atoms with Crippen LogP contribution in [0.5, 0.6) is 0 Å². The van der Waals surface area contributed by atoms with Gasteiger partial charge in [0.25, 0.3) is 5.91 Å². The van der Waals surface area contributed by atoms with E-state index in [0.717, 1.165) is 12.8 Å². The van der Waals surface area contributed by atoms with Crippen molar-refractivity contribution in [3.05, 3.63) is 77.8 Å². The highest BCUT2D eigenvalue weighted by molar-refractivity contribution is 6.00. The van der Waals surface area contributed by atoms with Gasteiger partial charge in [-0.2, -0.15) is 9.61 Å². The van der Waals surface area contributed by atoms with Crippen LogP contribution in [0.3, 0.4) is 0 Å². The molecule has 4 aromatic heterocycles. The van der Waals surface area contributed by atoms with Crippen LogP contribution in [0.2, 0.25) is 0 Å². The molecule has 11 nitrogen and oxygen atoms in total. The maximum atomic E-state index is 14.3. The number of halogens is 2. The molecule has 0 saturated carbocycles. The second-order valence-corrected chi connectivity index (χ2v) is 10.7. The number of hydrogen-bond acceptors (Lipinski definition) is 8. The Kier molecular flexibility index (Phi) is 6.03. The Morgan fingerprint density at radius 3 is 2.40 bits per heavy atom. The molecule has 3 atom stereocenters. The van der Waals surface area contributed by atoms with Crippen molar-refractivity contribution < 1.29 is 18.4 Å². The molecule has 2 aliphatic rings. The second kappa shape index (κ2) is 9.79. The predicted octanol–water partition coefficient (Wildman–Crippen LogP) is 4.19. The zero-order valence-electron chi connectivity index (χ0n) is 22.5. The van der Waals surface area contributed by atoms with Gasteiger partial charge >= 0.3 is 0 Å². The van der Waals surface area contributed by atoms with Gasteiger partial charge in [-0.1, -0.05) is 12.1 Å². The second-order valence-electron chi connectivity index (χ2n) is 10.7. The molecule has 1 amide bonds. The lowest BCUT2D eigenvalue weighted by Crippen LogP contribution is -2.46. The number of nitrogens with two attached hydrogens (primary N) is 1. The number of aromatic nitrogens is 7. The van der Waals surface area contributed by atoms with E-state index in [4.69, 9.17) is 10.7 Å². The zero-order chi connectivity index (χ0) is 29.1. The van der Waals surface area contributed by atoms with Crippen LogP contribution in [-0.4, -0.2) is 63.4 Å². The number of amides is 1. The van der Waals surface area contributed by atoms with Gasteiger partial charge in [0, 0.05) is 35.3 Å².